The molecule has 0 radical (unpaired) electrons. The Morgan fingerprint density at radius 3 is 3.00 bits per heavy atom. The number of aromatic nitrogens is 3. The molecule has 78 valence electrons. The van der Waals surface area contributed by atoms with E-state index in [2.05, 4.69) is 15.0 Å². The van der Waals surface area contributed by atoms with Gasteiger partial charge >= 0.3 is 0 Å². The van der Waals surface area contributed by atoms with Crippen LogP contribution >= 0.6 is 0 Å². The van der Waals surface area contributed by atoms with E-state index in [0.717, 1.165) is 31.8 Å². The molecule has 2 rings (SSSR count). The Labute approximate surface area is 84.5 Å². The zero-order valence-electron chi connectivity index (χ0n) is 8.52. The van der Waals surface area contributed by atoms with E-state index in [1.807, 2.05) is 6.20 Å². The summed E-state index contributed by atoms with van der Waals surface area (Å²) in [6.45, 7) is 1.80. The van der Waals surface area contributed by atoms with Crippen molar-refractivity contribution in [3.05, 3.63) is 11.9 Å². The maximum Gasteiger partial charge on any atom is 0.0725 e. The highest BCUT2D eigenvalue weighted by Gasteiger charge is 2.19. The highest BCUT2D eigenvalue weighted by molar-refractivity contribution is 4.94. The van der Waals surface area contributed by atoms with Gasteiger partial charge < -0.3 is 5.73 Å². The molecule has 0 atom stereocenters. The lowest BCUT2D eigenvalue weighted by molar-refractivity contribution is 0.261. The van der Waals surface area contributed by atoms with Crippen LogP contribution in [0.1, 0.15) is 31.4 Å². The Kier molecular flexibility index (Phi) is 3.14. The van der Waals surface area contributed by atoms with E-state index in [1.54, 1.807) is 0 Å². The minimum atomic E-state index is 0.745. The van der Waals surface area contributed by atoms with Gasteiger partial charge in [-0.25, -0.2) is 4.68 Å². The molecule has 0 unspecified atom stereocenters. The molecule has 2 N–H and O–H groups in total. The molecule has 0 aliphatic heterocycles. The molecule has 0 bridgehead atoms. The van der Waals surface area contributed by atoms with Gasteiger partial charge in [-0.15, -0.1) is 5.10 Å². The molecule has 1 fully saturated rings. The highest BCUT2D eigenvalue weighted by Crippen LogP contribution is 2.27. The summed E-state index contributed by atoms with van der Waals surface area (Å²) in [5, 5.41) is 8.08. The first kappa shape index (κ1) is 9.65. The third-order valence-corrected chi connectivity index (χ3v) is 2.99. The van der Waals surface area contributed by atoms with Gasteiger partial charge in [0.1, 0.15) is 0 Å². The molecule has 1 aromatic rings. The van der Waals surface area contributed by atoms with E-state index in [0.29, 0.717) is 0 Å². The standard InChI is InChI=1S/C10H18N4/c11-6-2-5-10-7-12-13-14(10)8-9-3-1-4-9/h7,9H,1-6,8,11H2. The van der Waals surface area contributed by atoms with Crippen LogP contribution in [0.25, 0.3) is 0 Å². The van der Waals surface area contributed by atoms with E-state index >= 15 is 0 Å². The highest BCUT2D eigenvalue weighted by atomic mass is 15.4. The van der Waals surface area contributed by atoms with E-state index in [4.69, 9.17) is 5.73 Å². The lowest BCUT2D eigenvalue weighted by Crippen LogP contribution is -2.20. The average molecular weight is 194 g/mol. The van der Waals surface area contributed by atoms with Crippen LogP contribution in [-0.4, -0.2) is 21.5 Å². The van der Waals surface area contributed by atoms with Gasteiger partial charge in [0.05, 0.1) is 11.9 Å². The van der Waals surface area contributed by atoms with Crippen molar-refractivity contribution in [3.8, 4) is 0 Å². The van der Waals surface area contributed by atoms with Gasteiger partial charge in [-0.2, -0.15) is 0 Å². The van der Waals surface area contributed by atoms with Crippen LogP contribution in [0.5, 0.6) is 0 Å². The van der Waals surface area contributed by atoms with Crippen molar-refractivity contribution in [2.24, 2.45) is 11.7 Å². The maximum atomic E-state index is 5.48. The fraction of sp³-hybridized carbons (Fsp3) is 0.800. The van der Waals surface area contributed by atoms with Crippen LogP contribution in [0.3, 0.4) is 0 Å². The number of rotatable bonds is 5. The summed E-state index contributed by atoms with van der Waals surface area (Å²) < 4.78 is 2.06. The molecule has 1 heterocycles. The number of hydrogen-bond donors (Lipinski definition) is 1. The third kappa shape index (κ3) is 2.12. The van der Waals surface area contributed by atoms with Crippen LogP contribution in [0.15, 0.2) is 6.20 Å². The quantitative estimate of drug-likeness (QED) is 0.760. The van der Waals surface area contributed by atoms with Crippen LogP contribution < -0.4 is 5.73 Å². The lowest BCUT2D eigenvalue weighted by Gasteiger charge is -2.25. The second-order valence-corrected chi connectivity index (χ2v) is 4.10. The monoisotopic (exact) mass is 194 g/mol. The Bertz CT molecular complexity index is 277. The minimum Gasteiger partial charge on any atom is -0.330 e. The molecule has 0 spiro atoms. The predicted molar refractivity (Wildman–Crippen MR) is 54.7 cm³/mol. The zero-order valence-corrected chi connectivity index (χ0v) is 8.52. The van der Waals surface area contributed by atoms with Gasteiger partial charge in [-0.05, 0) is 38.1 Å². The van der Waals surface area contributed by atoms with Crippen molar-refractivity contribution in [2.45, 2.75) is 38.6 Å². The molecule has 1 saturated carbocycles. The Hall–Kier alpha value is -0.900. The topological polar surface area (TPSA) is 56.7 Å². The lowest BCUT2D eigenvalue weighted by atomic mass is 9.85. The van der Waals surface area contributed by atoms with Crippen LogP contribution in [0.2, 0.25) is 0 Å². The van der Waals surface area contributed by atoms with Crippen LogP contribution in [-0.2, 0) is 13.0 Å². The Balaban J connectivity index is 1.90. The van der Waals surface area contributed by atoms with Crippen LogP contribution in [0, 0.1) is 5.92 Å². The van der Waals surface area contributed by atoms with E-state index < -0.39 is 0 Å². The fourth-order valence-electron chi connectivity index (χ4n) is 1.83. The SMILES string of the molecule is NCCCc1cnnn1CC1CCC1. The van der Waals surface area contributed by atoms with Crippen molar-refractivity contribution in [1.29, 1.82) is 0 Å². The summed E-state index contributed by atoms with van der Waals surface area (Å²) in [4.78, 5) is 0. The number of nitrogens with zero attached hydrogens (tertiary/aromatic N) is 3. The van der Waals surface area contributed by atoms with Gasteiger partial charge in [0.25, 0.3) is 0 Å². The van der Waals surface area contributed by atoms with Crippen molar-refractivity contribution in [2.75, 3.05) is 6.54 Å². The van der Waals surface area contributed by atoms with Crippen molar-refractivity contribution >= 4 is 0 Å². The fourth-order valence-corrected chi connectivity index (χ4v) is 1.83. The normalized spacial score (nSPS) is 16.9. The van der Waals surface area contributed by atoms with Crippen LogP contribution in [0.4, 0.5) is 0 Å². The molecule has 1 aliphatic rings. The maximum absolute atomic E-state index is 5.48. The molecule has 1 aliphatic carbocycles. The van der Waals surface area contributed by atoms with Crippen molar-refractivity contribution in [1.82, 2.24) is 15.0 Å². The molecule has 4 heteroatoms. The molecule has 0 saturated heterocycles. The molecular weight excluding hydrogens is 176 g/mol. The first-order chi connectivity index (χ1) is 6.90. The van der Waals surface area contributed by atoms with Crippen molar-refractivity contribution < 1.29 is 0 Å². The second kappa shape index (κ2) is 4.55. The van der Waals surface area contributed by atoms with Gasteiger partial charge in [-0.3, -0.25) is 0 Å². The number of aryl methyl sites for hydroxylation is 1. The molecular formula is C10H18N4. The van der Waals surface area contributed by atoms with Gasteiger partial charge in [0, 0.05) is 6.54 Å². The Morgan fingerprint density at radius 1 is 1.50 bits per heavy atom. The van der Waals surface area contributed by atoms with Gasteiger partial charge in [0.15, 0.2) is 0 Å². The van der Waals surface area contributed by atoms with E-state index in [-0.39, 0.29) is 0 Å². The van der Waals surface area contributed by atoms with Gasteiger partial charge in [0.2, 0.25) is 0 Å². The first-order valence-corrected chi connectivity index (χ1v) is 5.47. The molecule has 0 amide bonds. The largest absolute Gasteiger partial charge is 0.330 e. The van der Waals surface area contributed by atoms with Crippen molar-refractivity contribution in [3.63, 3.8) is 0 Å². The summed E-state index contributed by atoms with van der Waals surface area (Å²) in [5.41, 5.74) is 6.72. The minimum absolute atomic E-state index is 0.745. The third-order valence-electron chi connectivity index (χ3n) is 2.99. The second-order valence-electron chi connectivity index (χ2n) is 4.10. The summed E-state index contributed by atoms with van der Waals surface area (Å²) in [7, 11) is 0. The summed E-state index contributed by atoms with van der Waals surface area (Å²) in [6, 6.07) is 0. The molecule has 1 aromatic heterocycles. The van der Waals surface area contributed by atoms with Gasteiger partial charge in [-0.1, -0.05) is 11.6 Å². The average Bonchev–Trinajstić information content (AvgIpc) is 2.55. The molecule has 14 heavy (non-hydrogen) atoms. The zero-order chi connectivity index (χ0) is 9.80. The predicted octanol–water partition coefficient (Wildman–Crippen LogP) is 0.969. The summed E-state index contributed by atoms with van der Waals surface area (Å²) in [5.74, 6) is 0.841. The smallest absolute Gasteiger partial charge is 0.0725 e. The Morgan fingerprint density at radius 2 is 2.36 bits per heavy atom. The summed E-state index contributed by atoms with van der Waals surface area (Å²) in [6.07, 6.45) is 8.01. The number of hydrogen-bond acceptors (Lipinski definition) is 3. The molecule has 0 aromatic carbocycles. The first-order valence-electron chi connectivity index (χ1n) is 5.47. The molecule has 4 nitrogen and oxygen atoms in total. The number of nitrogens with two attached hydrogens (primary N) is 1. The summed E-state index contributed by atoms with van der Waals surface area (Å²) >= 11 is 0. The van der Waals surface area contributed by atoms with E-state index in [1.165, 1.54) is 25.0 Å². The van der Waals surface area contributed by atoms with E-state index in [9.17, 15) is 0 Å².